The standard InChI is InChI=1S/C21H28N6O3/c1-21(2,3)30-20(29)27-11-7-10-15(27)12-23-18-16(17(22)24-13-25-18)19(28)26-14-8-5-4-6-9-14/h4-6,8-9,13,15H,7,10-12H2,1-3H3,(H,26,28)(H3,22,23,24,25)/t15-/m0/s1. The zero-order valence-electron chi connectivity index (χ0n) is 17.5. The summed E-state index contributed by atoms with van der Waals surface area (Å²) in [5, 5.41) is 5.97. The van der Waals surface area contributed by atoms with Crippen molar-refractivity contribution in [1.82, 2.24) is 14.9 Å². The van der Waals surface area contributed by atoms with Crippen LogP contribution >= 0.6 is 0 Å². The van der Waals surface area contributed by atoms with Crippen molar-refractivity contribution in [1.29, 1.82) is 0 Å². The number of anilines is 3. The summed E-state index contributed by atoms with van der Waals surface area (Å²) in [6, 6.07) is 9.00. The highest BCUT2D eigenvalue weighted by atomic mass is 16.6. The van der Waals surface area contributed by atoms with Crippen molar-refractivity contribution in [2.24, 2.45) is 0 Å². The molecule has 1 fully saturated rings. The molecule has 1 aromatic heterocycles. The first-order valence-corrected chi connectivity index (χ1v) is 9.95. The van der Waals surface area contributed by atoms with Crippen molar-refractivity contribution in [3.05, 3.63) is 42.2 Å². The van der Waals surface area contributed by atoms with Crippen LogP contribution < -0.4 is 16.4 Å². The van der Waals surface area contributed by atoms with Crippen LogP contribution in [0.15, 0.2) is 36.7 Å². The van der Waals surface area contributed by atoms with E-state index in [-0.39, 0.29) is 23.5 Å². The Morgan fingerprint density at radius 1 is 1.23 bits per heavy atom. The van der Waals surface area contributed by atoms with Gasteiger partial charge in [0.15, 0.2) is 0 Å². The van der Waals surface area contributed by atoms with Gasteiger partial charge in [0.1, 0.15) is 29.1 Å². The van der Waals surface area contributed by atoms with Gasteiger partial charge in [-0.05, 0) is 45.7 Å². The average Bonchev–Trinajstić information content (AvgIpc) is 3.14. The molecule has 3 rings (SSSR count). The lowest BCUT2D eigenvalue weighted by molar-refractivity contribution is 0.0235. The van der Waals surface area contributed by atoms with E-state index >= 15 is 0 Å². The number of amides is 2. The van der Waals surface area contributed by atoms with Crippen LogP contribution in [0.5, 0.6) is 0 Å². The van der Waals surface area contributed by atoms with Gasteiger partial charge in [0.2, 0.25) is 0 Å². The number of ether oxygens (including phenoxy) is 1. The molecule has 30 heavy (non-hydrogen) atoms. The summed E-state index contributed by atoms with van der Waals surface area (Å²) in [5.41, 5.74) is 6.23. The maximum atomic E-state index is 12.8. The molecule has 160 valence electrons. The van der Waals surface area contributed by atoms with E-state index in [1.165, 1.54) is 6.33 Å². The number of nitrogens with one attached hydrogen (secondary N) is 2. The molecule has 1 aliphatic heterocycles. The minimum atomic E-state index is -0.554. The molecule has 9 heteroatoms. The number of carbonyl (C=O) groups is 2. The minimum Gasteiger partial charge on any atom is -0.444 e. The van der Waals surface area contributed by atoms with Crippen LogP contribution in [-0.2, 0) is 4.74 Å². The van der Waals surface area contributed by atoms with Gasteiger partial charge in [0.05, 0.1) is 6.04 Å². The maximum Gasteiger partial charge on any atom is 0.410 e. The van der Waals surface area contributed by atoms with Crippen LogP contribution in [0.3, 0.4) is 0 Å². The average molecular weight is 412 g/mol. The summed E-state index contributed by atoms with van der Waals surface area (Å²) in [4.78, 5) is 35.1. The summed E-state index contributed by atoms with van der Waals surface area (Å²) in [7, 11) is 0. The molecule has 0 radical (unpaired) electrons. The Morgan fingerprint density at radius 2 is 1.97 bits per heavy atom. The van der Waals surface area contributed by atoms with Gasteiger partial charge in [0.25, 0.3) is 5.91 Å². The molecule has 0 bridgehead atoms. The van der Waals surface area contributed by atoms with E-state index in [1.807, 2.05) is 39.0 Å². The van der Waals surface area contributed by atoms with E-state index in [2.05, 4.69) is 20.6 Å². The van der Waals surface area contributed by atoms with Gasteiger partial charge in [-0.25, -0.2) is 14.8 Å². The van der Waals surface area contributed by atoms with Crippen molar-refractivity contribution in [2.45, 2.75) is 45.3 Å². The van der Waals surface area contributed by atoms with E-state index in [0.717, 1.165) is 12.8 Å². The quantitative estimate of drug-likeness (QED) is 0.689. The van der Waals surface area contributed by atoms with Crippen molar-refractivity contribution in [2.75, 3.05) is 29.5 Å². The van der Waals surface area contributed by atoms with E-state index in [4.69, 9.17) is 10.5 Å². The summed E-state index contributed by atoms with van der Waals surface area (Å²) in [6.07, 6.45) is 2.69. The second-order valence-corrected chi connectivity index (χ2v) is 8.15. The van der Waals surface area contributed by atoms with Gasteiger partial charge in [-0.3, -0.25) is 4.79 Å². The summed E-state index contributed by atoms with van der Waals surface area (Å²) in [5.74, 6) is 0.000502. The molecule has 0 saturated carbocycles. The Kier molecular flexibility index (Phi) is 6.39. The van der Waals surface area contributed by atoms with Crippen LogP contribution in [0.2, 0.25) is 0 Å². The molecule has 0 spiro atoms. The SMILES string of the molecule is CC(C)(C)OC(=O)N1CCC[C@H]1CNc1ncnc(N)c1C(=O)Nc1ccccc1. The van der Waals surface area contributed by atoms with E-state index in [1.54, 1.807) is 17.0 Å². The second-order valence-electron chi connectivity index (χ2n) is 8.15. The predicted molar refractivity (Wildman–Crippen MR) is 115 cm³/mol. The lowest BCUT2D eigenvalue weighted by atomic mass is 10.2. The molecular weight excluding hydrogens is 384 g/mol. The number of carbonyl (C=O) groups excluding carboxylic acids is 2. The fraction of sp³-hybridized carbons (Fsp3) is 0.429. The van der Waals surface area contributed by atoms with Gasteiger partial charge in [-0.15, -0.1) is 0 Å². The molecule has 9 nitrogen and oxygen atoms in total. The van der Waals surface area contributed by atoms with Crippen molar-refractivity contribution >= 4 is 29.3 Å². The minimum absolute atomic E-state index is 0.0684. The van der Waals surface area contributed by atoms with E-state index < -0.39 is 11.5 Å². The molecular formula is C21H28N6O3. The molecule has 1 atom stereocenters. The van der Waals surface area contributed by atoms with Gasteiger partial charge in [0, 0.05) is 18.8 Å². The van der Waals surface area contributed by atoms with Crippen LogP contribution in [0.4, 0.5) is 22.1 Å². The number of nitrogens with zero attached hydrogens (tertiary/aromatic N) is 3. The Hall–Kier alpha value is -3.36. The second kappa shape index (κ2) is 8.98. The molecule has 1 aliphatic rings. The summed E-state index contributed by atoms with van der Waals surface area (Å²) in [6.45, 7) is 6.58. The monoisotopic (exact) mass is 412 g/mol. The lowest BCUT2D eigenvalue weighted by Gasteiger charge is -2.29. The number of nitrogens with two attached hydrogens (primary N) is 1. The number of nitrogen functional groups attached to an aromatic ring is 1. The highest BCUT2D eigenvalue weighted by Gasteiger charge is 2.32. The summed E-state index contributed by atoms with van der Waals surface area (Å²) < 4.78 is 5.50. The summed E-state index contributed by atoms with van der Waals surface area (Å²) >= 11 is 0. The van der Waals surface area contributed by atoms with Crippen LogP contribution in [0.1, 0.15) is 44.0 Å². The van der Waals surface area contributed by atoms with Gasteiger partial charge < -0.3 is 26.0 Å². The fourth-order valence-electron chi connectivity index (χ4n) is 3.30. The number of hydrogen-bond donors (Lipinski definition) is 3. The molecule has 0 unspecified atom stereocenters. The zero-order valence-corrected chi connectivity index (χ0v) is 17.5. The number of para-hydroxylation sites is 1. The molecule has 1 aromatic carbocycles. The fourth-order valence-corrected chi connectivity index (χ4v) is 3.30. The first kappa shape index (κ1) is 21.4. The maximum absolute atomic E-state index is 12.8. The third kappa shape index (κ3) is 5.37. The van der Waals surface area contributed by atoms with E-state index in [9.17, 15) is 9.59 Å². The normalized spacial score (nSPS) is 16.2. The first-order valence-electron chi connectivity index (χ1n) is 9.95. The third-order valence-electron chi connectivity index (χ3n) is 4.65. The van der Waals surface area contributed by atoms with E-state index in [0.29, 0.717) is 24.6 Å². The smallest absolute Gasteiger partial charge is 0.410 e. The number of benzene rings is 1. The van der Waals surface area contributed by atoms with Gasteiger partial charge in [-0.1, -0.05) is 18.2 Å². The molecule has 2 aromatic rings. The lowest BCUT2D eigenvalue weighted by Crippen LogP contribution is -2.42. The number of aromatic nitrogens is 2. The highest BCUT2D eigenvalue weighted by Crippen LogP contribution is 2.23. The molecule has 0 aliphatic carbocycles. The van der Waals surface area contributed by atoms with Crippen molar-refractivity contribution in [3.63, 3.8) is 0 Å². The molecule has 1 saturated heterocycles. The molecule has 4 N–H and O–H groups in total. The highest BCUT2D eigenvalue weighted by molar-refractivity contribution is 6.10. The first-order chi connectivity index (χ1) is 14.2. The largest absolute Gasteiger partial charge is 0.444 e. The van der Waals surface area contributed by atoms with Crippen molar-refractivity contribution in [3.8, 4) is 0 Å². The van der Waals surface area contributed by atoms with Crippen LogP contribution in [-0.4, -0.2) is 51.6 Å². The predicted octanol–water partition coefficient (Wildman–Crippen LogP) is 3.12. The Balaban J connectivity index is 1.70. The van der Waals surface area contributed by atoms with Gasteiger partial charge in [-0.2, -0.15) is 0 Å². The third-order valence-corrected chi connectivity index (χ3v) is 4.65. The molecule has 2 heterocycles. The number of hydrogen-bond acceptors (Lipinski definition) is 7. The van der Waals surface area contributed by atoms with Crippen molar-refractivity contribution < 1.29 is 14.3 Å². The number of rotatable bonds is 5. The zero-order chi connectivity index (χ0) is 21.7. The van der Waals surface area contributed by atoms with Gasteiger partial charge >= 0.3 is 6.09 Å². The Bertz CT molecular complexity index is 897. The van der Waals surface area contributed by atoms with Crippen LogP contribution in [0, 0.1) is 0 Å². The van der Waals surface area contributed by atoms with Crippen LogP contribution in [0.25, 0.3) is 0 Å². The topological polar surface area (TPSA) is 122 Å². The Morgan fingerprint density at radius 3 is 2.67 bits per heavy atom. The molecule has 2 amide bonds. The Labute approximate surface area is 176 Å². The number of likely N-dealkylation sites (tertiary alicyclic amines) is 1.